The summed E-state index contributed by atoms with van der Waals surface area (Å²) in [5.74, 6) is -0.197. The average Bonchev–Trinajstić information content (AvgIpc) is 2.62. The zero-order chi connectivity index (χ0) is 13.1. The number of hydrogen-bond donors (Lipinski definition) is 1. The van der Waals surface area contributed by atoms with Crippen LogP contribution in [0.2, 0.25) is 0 Å². The van der Waals surface area contributed by atoms with Crippen molar-refractivity contribution < 1.29 is 4.39 Å². The van der Waals surface area contributed by atoms with Crippen LogP contribution in [-0.2, 0) is 13.1 Å². The fraction of sp³-hybridized carbons (Fsp3) is 0.286. The predicted molar refractivity (Wildman–Crippen MR) is 78.4 cm³/mol. The van der Waals surface area contributed by atoms with Crippen LogP contribution in [0.15, 0.2) is 28.7 Å². The van der Waals surface area contributed by atoms with Gasteiger partial charge in [0.25, 0.3) is 0 Å². The minimum atomic E-state index is -0.197. The lowest BCUT2D eigenvalue weighted by Crippen LogP contribution is -2.13. The highest BCUT2D eigenvalue weighted by Crippen LogP contribution is 2.21. The first-order valence-electron chi connectivity index (χ1n) is 5.77. The molecule has 0 radical (unpaired) electrons. The largest absolute Gasteiger partial charge is 0.309 e. The van der Waals surface area contributed by atoms with Crippen molar-refractivity contribution in [2.75, 3.05) is 0 Å². The summed E-state index contributed by atoms with van der Waals surface area (Å²) in [6.07, 6.45) is 0. The van der Waals surface area contributed by atoms with E-state index in [2.05, 4.69) is 41.2 Å². The van der Waals surface area contributed by atoms with Gasteiger partial charge in [-0.15, -0.1) is 11.3 Å². The van der Waals surface area contributed by atoms with Gasteiger partial charge in [-0.05, 0) is 49.2 Å². The molecule has 0 unspecified atom stereocenters. The molecule has 0 bridgehead atoms. The maximum atomic E-state index is 13.1. The van der Waals surface area contributed by atoms with Gasteiger partial charge in [0.15, 0.2) is 0 Å². The molecule has 0 saturated carbocycles. The second-order valence-corrected chi connectivity index (χ2v) is 6.59. The average molecular weight is 328 g/mol. The molecule has 1 heterocycles. The SMILES string of the molecule is Cc1cc(CNCc2cc(F)ccc2Br)c(C)s1. The summed E-state index contributed by atoms with van der Waals surface area (Å²) in [5.41, 5.74) is 2.27. The van der Waals surface area contributed by atoms with Crippen LogP contribution in [0.5, 0.6) is 0 Å². The lowest BCUT2D eigenvalue weighted by molar-refractivity contribution is 0.619. The normalized spacial score (nSPS) is 10.9. The third-order valence-electron chi connectivity index (χ3n) is 2.78. The maximum absolute atomic E-state index is 13.1. The van der Waals surface area contributed by atoms with E-state index >= 15 is 0 Å². The summed E-state index contributed by atoms with van der Waals surface area (Å²) in [4.78, 5) is 2.68. The lowest BCUT2D eigenvalue weighted by Gasteiger charge is -2.07. The molecule has 2 aromatic rings. The van der Waals surface area contributed by atoms with Crippen LogP contribution >= 0.6 is 27.3 Å². The van der Waals surface area contributed by atoms with E-state index in [1.807, 2.05) is 11.3 Å². The Labute approximate surface area is 119 Å². The summed E-state index contributed by atoms with van der Waals surface area (Å²) < 4.78 is 14.1. The van der Waals surface area contributed by atoms with E-state index < -0.39 is 0 Å². The maximum Gasteiger partial charge on any atom is 0.123 e. The summed E-state index contributed by atoms with van der Waals surface area (Å²) in [5, 5.41) is 3.35. The van der Waals surface area contributed by atoms with Gasteiger partial charge in [-0.2, -0.15) is 0 Å². The number of thiophene rings is 1. The minimum absolute atomic E-state index is 0.197. The molecule has 2 rings (SSSR count). The van der Waals surface area contributed by atoms with Gasteiger partial charge in [0.05, 0.1) is 0 Å². The quantitative estimate of drug-likeness (QED) is 0.868. The fourth-order valence-electron chi connectivity index (χ4n) is 1.87. The van der Waals surface area contributed by atoms with Crippen molar-refractivity contribution in [1.29, 1.82) is 0 Å². The molecule has 1 aromatic carbocycles. The van der Waals surface area contributed by atoms with Gasteiger partial charge in [0.2, 0.25) is 0 Å². The Morgan fingerprint density at radius 3 is 2.56 bits per heavy atom. The van der Waals surface area contributed by atoms with Gasteiger partial charge in [-0.25, -0.2) is 4.39 Å². The van der Waals surface area contributed by atoms with Gasteiger partial charge in [0.1, 0.15) is 5.82 Å². The topological polar surface area (TPSA) is 12.0 Å². The Morgan fingerprint density at radius 2 is 1.89 bits per heavy atom. The molecule has 1 N–H and O–H groups in total. The molecule has 0 spiro atoms. The second-order valence-electron chi connectivity index (χ2n) is 4.28. The monoisotopic (exact) mass is 327 g/mol. The minimum Gasteiger partial charge on any atom is -0.309 e. The van der Waals surface area contributed by atoms with Crippen molar-refractivity contribution in [3.8, 4) is 0 Å². The van der Waals surface area contributed by atoms with Crippen LogP contribution in [0.1, 0.15) is 20.9 Å². The van der Waals surface area contributed by atoms with Crippen molar-refractivity contribution in [2.45, 2.75) is 26.9 Å². The van der Waals surface area contributed by atoms with Gasteiger partial charge in [-0.3, -0.25) is 0 Å². The third kappa shape index (κ3) is 3.40. The Kier molecular flexibility index (Phi) is 4.54. The van der Waals surface area contributed by atoms with E-state index in [4.69, 9.17) is 0 Å². The number of benzene rings is 1. The molecule has 0 amide bonds. The molecule has 0 atom stereocenters. The molecular weight excluding hydrogens is 313 g/mol. The van der Waals surface area contributed by atoms with E-state index in [9.17, 15) is 4.39 Å². The van der Waals surface area contributed by atoms with Gasteiger partial charge in [-0.1, -0.05) is 15.9 Å². The number of nitrogens with one attached hydrogen (secondary N) is 1. The fourth-order valence-corrected chi connectivity index (χ4v) is 3.20. The van der Waals surface area contributed by atoms with Gasteiger partial charge >= 0.3 is 0 Å². The number of halogens is 2. The number of hydrogen-bond acceptors (Lipinski definition) is 2. The molecule has 1 nitrogen and oxygen atoms in total. The van der Waals surface area contributed by atoms with Gasteiger partial charge < -0.3 is 5.32 Å². The molecule has 0 aliphatic rings. The molecule has 96 valence electrons. The van der Waals surface area contributed by atoms with Crippen molar-refractivity contribution in [1.82, 2.24) is 5.32 Å². The Morgan fingerprint density at radius 1 is 1.17 bits per heavy atom. The van der Waals surface area contributed by atoms with Crippen LogP contribution in [0.4, 0.5) is 4.39 Å². The van der Waals surface area contributed by atoms with Crippen LogP contribution < -0.4 is 5.32 Å². The second kappa shape index (κ2) is 5.95. The van der Waals surface area contributed by atoms with Crippen LogP contribution in [-0.4, -0.2) is 0 Å². The van der Waals surface area contributed by atoms with Crippen molar-refractivity contribution in [3.63, 3.8) is 0 Å². The van der Waals surface area contributed by atoms with E-state index in [-0.39, 0.29) is 5.82 Å². The van der Waals surface area contributed by atoms with E-state index in [0.717, 1.165) is 16.6 Å². The molecule has 4 heteroatoms. The smallest absolute Gasteiger partial charge is 0.123 e. The first-order valence-corrected chi connectivity index (χ1v) is 7.38. The zero-order valence-electron chi connectivity index (χ0n) is 10.4. The van der Waals surface area contributed by atoms with Crippen LogP contribution in [0.3, 0.4) is 0 Å². The van der Waals surface area contributed by atoms with Crippen molar-refractivity contribution >= 4 is 27.3 Å². The molecule has 18 heavy (non-hydrogen) atoms. The van der Waals surface area contributed by atoms with Crippen molar-refractivity contribution in [2.24, 2.45) is 0 Å². The molecule has 0 saturated heterocycles. The van der Waals surface area contributed by atoms with Crippen LogP contribution in [0.25, 0.3) is 0 Å². The molecule has 0 aliphatic carbocycles. The summed E-state index contributed by atoms with van der Waals surface area (Å²) in [6, 6.07) is 6.96. The summed E-state index contributed by atoms with van der Waals surface area (Å²) >= 11 is 5.24. The third-order valence-corrected chi connectivity index (χ3v) is 4.56. The highest BCUT2D eigenvalue weighted by Gasteiger charge is 2.04. The van der Waals surface area contributed by atoms with E-state index in [1.165, 1.54) is 21.4 Å². The summed E-state index contributed by atoms with van der Waals surface area (Å²) in [6.45, 7) is 5.73. The zero-order valence-corrected chi connectivity index (χ0v) is 12.8. The predicted octanol–water partition coefficient (Wildman–Crippen LogP) is 4.56. The molecule has 0 fully saturated rings. The highest BCUT2D eigenvalue weighted by molar-refractivity contribution is 9.10. The Bertz CT molecular complexity index is 551. The molecular formula is C14H15BrFNS. The standard InChI is InChI=1S/C14H15BrFNS/c1-9-5-11(10(2)18-9)7-17-8-12-6-13(16)3-4-14(12)15/h3-6,17H,7-8H2,1-2H3. The Balaban J connectivity index is 1.96. The number of aryl methyl sites for hydroxylation is 2. The number of rotatable bonds is 4. The van der Waals surface area contributed by atoms with Crippen molar-refractivity contribution in [3.05, 3.63) is 55.4 Å². The molecule has 0 aliphatic heterocycles. The first-order chi connectivity index (χ1) is 8.56. The Hall–Kier alpha value is -0.710. The van der Waals surface area contributed by atoms with Crippen LogP contribution in [0, 0.1) is 19.7 Å². The molecule has 1 aromatic heterocycles. The van der Waals surface area contributed by atoms with E-state index in [1.54, 1.807) is 12.1 Å². The van der Waals surface area contributed by atoms with Gasteiger partial charge in [0, 0.05) is 27.3 Å². The summed E-state index contributed by atoms with van der Waals surface area (Å²) in [7, 11) is 0. The lowest BCUT2D eigenvalue weighted by atomic mass is 10.2. The first kappa shape index (κ1) is 13.7. The van der Waals surface area contributed by atoms with E-state index in [0.29, 0.717) is 6.54 Å². The highest BCUT2D eigenvalue weighted by atomic mass is 79.9.